The smallest absolute Gasteiger partial charge is 0.781 e. The van der Waals surface area contributed by atoms with Crippen LogP contribution >= 0.6 is 33.0 Å². The molecule has 0 aliphatic rings. The van der Waals surface area contributed by atoms with Gasteiger partial charge in [-0.05, 0) is 0 Å². The maximum absolute atomic E-state index is 9.29. The molecule has 88 valence electrons. The van der Waals surface area contributed by atoms with Crippen LogP contribution in [0.1, 0.15) is 0 Å². The van der Waals surface area contributed by atoms with Crippen molar-refractivity contribution in [1.29, 1.82) is 0 Å². The van der Waals surface area contributed by atoms with E-state index in [1.54, 1.807) is 0 Å². The zero-order valence-corrected chi connectivity index (χ0v) is 13.0. The molecule has 15 heteroatoms. The molecule has 4 unspecified atom stereocenters. The van der Waals surface area contributed by atoms with Gasteiger partial charge in [-0.25, -0.2) is 0 Å². The molecule has 0 amide bonds. The third-order valence-corrected chi connectivity index (χ3v) is 3.00. The molecule has 4 atom stereocenters. The summed E-state index contributed by atoms with van der Waals surface area (Å²) in [7, 11) is -14.1. The molecule has 0 aromatic rings. The third kappa shape index (κ3) is 31.3. The largest absolute Gasteiger partial charge is 4.00 e. The van der Waals surface area contributed by atoms with Gasteiger partial charge >= 0.3 is 26.2 Å². The standard InChI is InChI=1S/2H4O5P2.Zr/c2*1-6(2)5-7(3)4;/h2*6-7H,(H,1,2)(H,3,4);/q;;+4/p-4. The van der Waals surface area contributed by atoms with Gasteiger partial charge in [0, 0.05) is 0 Å². The SMILES string of the molecule is O=[PH]([O-])O[PH](=O)[O-].O=[PH]([O-])O[PH](=O)[O-].[Zr+4]. The van der Waals surface area contributed by atoms with Crippen molar-refractivity contribution in [2.24, 2.45) is 0 Å². The van der Waals surface area contributed by atoms with E-state index in [2.05, 4.69) is 8.62 Å². The molecule has 0 spiro atoms. The minimum atomic E-state index is -3.51. The molecule has 0 aliphatic carbocycles. The molecule has 0 heterocycles. The minimum absolute atomic E-state index is 0. The molecular formula is H4O10P4Zr. The molecule has 15 heavy (non-hydrogen) atoms. The van der Waals surface area contributed by atoms with E-state index in [0.717, 1.165) is 0 Å². The summed E-state index contributed by atoms with van der Waals surface area (Å²) in [5.74, 6) is 0. The van der Waals surface area contributed by atoms with Crippen molar-refractivity contribution in [2.45, 2.75) is 0 Å². The molecule has 0 radical (unpaired) electrons. The maximum Gasteiger partial charge on any atom is 4.00 e. The van der Waals surface area contributed by atoms with Crippen molar-refractivity contribution in [2.75, 3.05) is 0 Å². The van der Waals surface area contributed by atoms with Gasteiger partial charge in [0.05, 0.1) is 0 Å². The summed E-state index contributed by atoms with van der Waals surface area (Å²) >= 11 is 0. The predicted octanol–water partition coefficient (Wildman–Crippen LogP) is -3.00. The van der Waals surface area contributed by atoms with Crippen LogP contribution in [0.25, 0.3) is 0 Å². The van der Waals surface area contributed by atoms with Crippen LogP contribution in [-0.2, 0) is 53.1 Å². The van der Waals surface area contributed by atoms with Gasteiger partial charge in [-0.1, -0.05) is 0 Å². The fourth-order valence-corrected chi connectivity index (χ4v) is 1.22. The fourth-order valence-electron chi connectivity index (χ4n) is 0.136. The van der Waals surface area contributed by atoms with Gasteiger partial charge in [0.25, 0.3) is 0 Å². The van der Waals surface area contributed by atoms with Crippen LogP contribution in [-0.4, -0.2) is 0 Å². The molecule has 0 rings (SSSR count). The van der Waals surface area contributed by atoms with E-state index in [4.69, 9.17) is 0 Å². The van der Waals surface area contributed by atoms with Crippen molar-refractivity contribution in [3.05, 3.63) is 0 Å². The quantitative estimate of drug-likeness (QED) is 0.457. The van der Waals surface area contributed by atoms with E-state index >= 15 is 0 Å². The van der Waals surface area contributed by atoms with Crippen molar-refractivity contribution < 1.29 is 72.7 Å². The van der Waals surface area contributed by atoms with Crippen LogP contribution in [0.5, 0.6) is 0 Å². The Morgan fingerprint density at radius 2 is 0.733 bits per heavy atom. The molecule has 0 aromatic carbocycles. The summed E-state index contributed by atoms with van der Waals surface area (Å²) in [6.07, 6.45) is 0. The second kappa shape index (κ2) is 13.6. The summed E-state index contributed by atoms with van der Waals surface area (Å²) in [4.78, 5) is 37.1. The summed E-state index contributed by atoms with van der Waals surface area (Å²) < 4.78 is 43.6. The summed E-state index contributed by atoms with van der Waals surface area (Å²) in [5, 5.41) is 0. The summed E-state index contributed by atoms with van der Waals surface area (Å²) in [6, 6.07) is 0. The van der Waals surface area contributed by atoms with Crippen molar-refractivity contribution in [3.8, 4) is 0 Å². The van der Waals surface area contributed by atoms with Crippen LogP contribution in [0.2, 0.25) is 0 Å². The maximum atomic E-state index is 9.29. The molecule has 0 aromatic heterocycles. The van der Waals surface area contributed by atoms with Gasteiger partial charge in [0.1, 0.15) is 33.0 Å². The van der Waals surface area contributed by atoms with Crippen LogP contribution in [0.4, 0.5) is 0 Å². The van der Waals surface area contributed by atoms with E-state index in [0.29, 0.717) is 0 Å². The average Bonchev–Trinajstić information content (AvgIpc) is 1.79. The van der Waals surface area contributed by atoms with Gasteiger partial charge in [-0.3, -0.25) is 8.62 Å². The van der Waals surface area contributed by atoms with Crippen LogP contribution < -0.4 is 19.6 Å². The second-order valence-corrected chi connectivity index (χ2v) is 4.84. The van der Waals surface area contributed by atoms with E-state index in [1.165, 1.54) is 0 Å². The zero-order valence-electron chi connectivity index (χ0n) is 6.58. The molecule has 0 aliphatic heterocycles. The normalized spacial score (nSPS) is 17.3. The molecule has 0 bridgehead atoms. The first-order chi connectivity index (χ1) is 6.25. The number of hydrogen-bond acceptors (Lipinski definition) is 10. The van der Waals surface area contributed by atoms with Crippen molar-refractivity contribution in [1.82, 2.24) is 0 Å². The van der Waals surface area contributed by atoms with Gasteiger partial charge in [0.2, 0.25) is 0 Å². The molecular weight excluding hydrogens is 375 g/mol. The van der Waals surface area contributed by atoms with Crippen LogP contribution in [0.3, 0.4) is 0 Å². The Labute approximate surface area is 106 Å². The molecule has 0 saturated heterocycles. The van der Waals surface area contributed by atoms with E-state index in [1.807, 2.05) is 0 Å². The second-order valence-electron chi connectivity index (χ2n) is 1.20. The van der Waals surface area contributed by atoms with Crippen LogP contribution in [0, 0.1) is 0 Å². The van der Waals surface area contributed by atoms with Gasteiger partial charge in [0.15, 0.2) is 0 Å². The predicted molar refractivity (Wildman–Crippen MR) is 38.2 cm³/mol. The molecule has 0 fully saturated rings. The molecule has 0 saturated carbocycles. The van der Waals surface area contributed by atoms with Crippen molar-refractivity contribution in [3.63, 3.8) is 0 Å². The Hall–Kier alpha value is 1.56. The van der Waals surface area contributed by atoms with Gasteiger partial charge < -0.3 is 37.8 Å². The van der Waals surface area contributed by atoms with E-state index < -0.39 is 33.0 Å². The number of hydrogen-bond donors (Lipinski definition) is 0. The minimum Gasteiger partial charge on any atom is -0.781 e. The first-order valence-corrected chi connectivity index (χ1v) is 7.35. The number of rotatable bonds is 4. The Balaban J connectivity index is -0.000000180. The van der Waals surface area contributed by atoms with E-state index in [-0.39, 0.29) is 26.2 Å². The molecule has 0 N–H and O–H groups in total. The Bertz CT molecular complexity index is 196. The topological polar surface area (TPSA) is 179 Å². The summed E-state index contributed by atoms with van der Waals surface area (Å²) in [6.45, 7) is 0. The Morgan fingerprint density at radius 3 is 0.733 bits per heavy atom. The first kappa shape index (κ1) is 21.8. The average molecular weight is 379 g/mol. The Morgan fingerprint density at radius 1 is 0.600 bits per heavy atom. The fraction of sp³-hybridized carbons (Fsp3) is 0. The molecule has 10 nitrogen and oxygen atoms in total. The Kier molecular flexibility index (Phi) is 19.8. The third-order valence-electron chi connectivity index (χ3n) is 0.333. The van der Waals surface area contributed by atoms with Gasteiger partial charge in [-0.15, -0.1) is 0 Å². The van der Waals surface area contributed by atoms with Crippen molar-refractivity contribution >= 4 is 33.0 Å². The zero-order chi connectivity index (χ0) is 11.7. The first-order valence-electron chi connectivity index (χ1n) is 2.45. The summed E-state index contributed by atoms with van der Waals surface area (Å²) in [5.41, 5.74) is 0. The van der Waals surface area contributed by atoms with Gasteiger partial charge in [-0.2, -0.15) is 0 Å². The van der Waals surface area contributed by atoms with Crippen LogP contribution in [0.15, 0.2) is 0 Å². The monoisotopic (exact) mass is 378 g/mol. The van der Waals surface area contributed by atoms with E-state index in [9.17, 15) is 37.8 Å².